The van der Waals surface area contributed by atoms with Gasteiger partial charge in [0.2, 0.25) is 0 Å². The lowest BCUT2D eigenvalue weighted by atomic mass is 10.3. The molecule has 1 rings (SSSR count). The van der Waals surface area contributed by atoms with Crippen LogP contribution in [0.3, 0.4) is 0 Å². The summed E-state index contributed by atoms with van der Waals surface area (Å²) in [4.78, 5) is 8.69. The minimum atomic E-state index is 0. The summed E-state index contributed by atoms with van der Waals surface area (Å²) in [5, 5.41) is 9.90. The predicted molar refractivity (Wildman–Crippen MR) is 102 cm³/mol. The van der Waals surface area contributed by atoms with Gasteiger partial charge in [-0.1, -0.05) is 13.0 Å². The Labute approximate surface area is 145 Å². The molecule has 0 aliphatic rings. The summed E-state index contributed by atoms with van der Waals surface area (Å²) in [6.45, 7) is 7.88. The molecule has 0 saturated carbocycles. The van der Waals surface area contributed by atoms with Gasteiger partial charge in [-0.05, 0) is 38.3 Å². The standard InChI is InChI=1S/C15H27N5.HI/c1-3-10-19-15(16-4-2)20-13-8-7-12-18-14-9-5-6-11-17-14;/h5-6,9,11H,3-4,7-8,10,12-13H2,1-2H3,(H,17,18)(H2,16,19,20);1H. The van der Waals surface area contributed by atoms with Crippen molar-refractivity contribution >= 4 is 35.8 Å². The Hall–Kier alpha value is -1.05. The lowest BCUT2D eigenvalue weighted by Gasteiger charge is -2.11. The van der Waals surface area contributed by atoms with Crippen molar-refractivity contribution in [1.29, 1.82) is 0 Å². The Bertz CT molecular complexity index is 370. The molecule has 0 fully saturated rings. The number of guanidine groups is 1. The molecule has 0 amide bonds. The van der Waals surface area contributed by atoms with Gasteiger partial charge in [-0.25, -0.2) is 4.98 Å². The number of rotatable bonds is 9. The molecule has 1 heterocycles. The summed E-state index contributed by atoms with van der Waals surface area (Å²) in [6, 6.07) is 5.90. The van der Waals surface area contributed by atoms with Crippen molar-refractivity contribution in [3.63, 3.8) is 0 Å². The van der Waals surface area contributed by atoms with Crippen molar-refractivity contribution in [2.45, 2.75) is 33.1 Å². The summed E-state index contributed by atoms with van der Waals surface area (Å²) in [5.74, 6) is 1.87. The van der Waals surface area contributed by atoms with Crippen molar-refractivity contribution in [3.05, 3.63) is 24.4 Å². The van der Waals surface area contributed by atoms with Crippen LogP contribution < -0.4 is 16.0 Å². The molecule has 0 aromatic carbocycles. The van der Waals surface area contributed by atoms with Crippen LogP contribution in [0.15, 0.2) is 29.4 Å². The van der Waals surface area contributed by atoms with E-state index in [2.05, 4.69) is 39.8 Å². The minimum absolute atomic E-state index is 0. The highest BCUT2D eigenvalue weighted by Crippen LogP contribution is 1.99. The molecule has 0 aliphatic carbocycles. The Morgan fingerprint density at radius 3 is 2.62 bits per heavy atom. The smallest absolute Gasteiger partial charge is 0.191 e. The lowest BCUT2D eigenvalue weighted by Crippen LogP contribution is -2.38. The zero-order valence-electron chi connectivity index (χ0n) is 13.1. The molecule has 21 heavy (non-hydrogen) atoms. The van der Waals surface area contributed by atoms with E-state index in [1.165, 1.54) is 0 Å². The van der Waals surface area contributed by atoms with Crippen LogP contribution in [0, 0.1) is 0 Å². The number of nitrogens with zero attached hydrogens (tertiary/aromatic N) is 2. The summed E-state index contributed by atoms with van der Waals surface area (Å²) in [5.41, 5.74) is 0. The van der Waals surface area contributed by atoms with E-state index in [4.69, 9.17) is 0 Å². The molecule has 1 aromatic rings. The van der Waals surface area contributed by atoms with Crippen molar-refractivity contribution in [1.82, 2.24) is 15.6 Å². The van der Waals surface area contributed by atoms with Crippen LogP contribution in [0.2, 0.25) is 0 Å². The molecule has 0 unspecified atom stereocenters. The Balaban J connectivity index is 0.00000400. The van der Waals surface area contributed by atoms with Crippen LogP contribution in [-0.2, 0) is 0 Å². The third-order valence-electron chi connectivity index (χ3n) is 2.70. The maximum absolute atomic E-state index is 4.47. The lowest BCUT2D eigenvalue weighted by molar-refractivity contribution is 0.711. The van der Waals surface area contributed by atoms with Gasteiger partial charge in [0, 0.05) is 32.4 Å². The fourth-order valence-electron chi connectivity index (χ4n) is 1.71. The van der Waals surface area contributed by atoms with E-state index in [1.54, 1.807) is 6.20 Å². The van der Waals surface area contributed by atoms with Crippen LogP contribution >= 0.6 is 24.0 Å². The van der Waals surface area contributed by atoms with Gasteiger partial charge in [0.05, 0.1) is 0 Å². The normalized spacial score (nSPS) is 10.7. The van der Waals surface area contributed by atoms with Gasteiger partial charge in [0.1, 0.15) is 5.82 Å². The SMILES string of the molecule is CCCN=C(NCC)NCCCCNc1ccccn1.I. The van der Waals surface area contributed by atoms with E-state index in [1.807, 2.05) is 18.2 Å². The molecule has 0 spiro atoms. The summed E-state index contributed by atoms with van der Waals surface area (Å²) in [6.07, 6.45) is 5.09. The van der Waals surface area contributed by atoms with Gasteiger partial charge >= 0.3 is 0 Å². The Morgan fingerprint density at radius 1 is 1.14 bits per heavy atom. The summed E-state index contributed by atoms with van der Waals surface area (Å²) >= 11 is 0. The van der Waals surface area contributed by atoms with Gasteiger partial charge in [-0.3, -0.25) is 4.99 Å². The highest BCUT2D eigenvalue weighted by atomic mass is 127. The number of aromatic nitrogens is 1. The Morgan fingerprint density at radius 2 is 1.95 bits per heavy atom. The van der Waals surface area contributed by atoms with Crippen molar-refractivity contribution in [2.24, 2.45) is 4.99 Å². The molecule has 0 atom stereocenters. The van der Waals surface area contributed by atoms with Gasteiger partial charge < -0.3 is 16.0 Å². The van der Waals surface area contributed by atoms with Crippen LogP contribution in [0.1, 0.15) is 33.1 Å². The fraction of sp³-hybridized carbons (Fsp3) is 0.600. The highest BCUT2D eigenvalue weighted by Gasteiger charge is 1.96. The summed E-state index contributed by atoms with van der Waals surface area (Å²) in [7, 11) is 0. The number of hydrogen-bond acceptors (Lipinski definition) is 3. The highest BCUT2D eigenvalue weighted by molar-refractivity contribution is 14.0. The monoisotopic (exact) mass is 405 g/mol. The van der Waals surface area contributed by atoms with Crippen LogP contribution in [-0.4, -0.2) is 37.1 Å². The molecule has 0 aliphatic heterocycles. The topological polar surface area (TPSA) is 61.3 Å². The molecule has 1 aromatic heterocycles. The first-order valence-corrected chi connectivity index (χ1v) is 7.54. The van der Waals surface area contributed by atoms with Crippen LogP contribution in [0.25, 0.3) is 0 Å². The molecule has 5 nitrogen and oxygen atoms in total. The zero-order valence-corrected chi connectivity index (χ0v) is 15.4. The molecule has 0 radical (unpaired) electrons. The van der Waals surface area contributed by atoms with Crippen molar-refractivity contribution in [2.75, 3.05) is 31.5 Å². The van der Waals surface area contributed by atoms with Gasteiger partial charge in [-0.15, -0.1) is 24.0 Å². The number of pyridine rings is 1. The van der Waals surface area contributed by atoms with E-state index in [0.29, 0.717) is 0 Å². The number of unbranched alkanes of at least 4 members (excludes halogenated alkanes) is 1. The van der Waals surface area contributed by atoms with Crippen LogP contribution in [0.4, 0.5) is 5.82 Å². The van der Waals surface area contributed by atoms with E-state index in [-0.39, 0.29) is 24.0 Å². The van der Waals surface area contributed by atoms with Gasteiger partial charge in [-0.2, -0.15) is 0 Å². The summed E-state index contributed by atoms with van der Waals surface area (Å²) < 4.78 is 0. The molecule has 0 bridgehead atoms. The second-order valence-corrected chi connectivity index (χ2v) is 4.54. The number of aliphatic imine (C=N–C) groups is 1. The van der Waals surface area contributed by atoms with Crippen LogP contribution in [0.5, 0.6) is 0 Å². The molecular weight excluding hydrogens is 377 g/mol. The first-order valence-electron chi connectivity index (χ1n) is 7.54. The third-order valence-corrected chi connectivity index (χ3v) is 2.70. The first-order chi connectivity index (χ1) is 9.86. The van der Waals surface area contributed by atoms with E-state index >= 15 is 0 Å². The first kappa shape index (κ1) is 19.9. The average Bonchev–Trinajstić information content (AvgIpc) is 2.49. The maximum Gasteiger partial charge on any atom is 0.191 e. The maximum atomic E-state index is 4.47. The molecular formula is C15H28IN5. The second kappa shape index (κ2) is 13.9. The predicted octanol–water partition coefficient (Wildman–Crippen LogP) is 2.86. The number of nitrogens with one attached hydrogen (secondary N) is 3. The zero-order chi connectivity index (χ0) is 14.5. The van der Waals surface area contributed by atoms with E-state index < -0.39 is 0 Å². The molecule has 3 N–H and O–H groups in total. The number of hydrogen-bond donors (Lipinski definition) is 3. The fourth-order valence-corrected chi connectivity index (χ4v) is 1.71. The number of anilines is 1. The molecule has 6 heteroatoms. The molecule has 0 saturated heterocycles. The van der Waals surface area contributed by atoms with E-state index in [0.717, 1.165) is 57.2 Å². The van der Waals surface area contributed by atoms with Crippen molar-refractivity contribution in [3.8, 4) is 0 Å². The van der Waals surface area contributed by atoms with Crippen molar-refractivity contribution < 1.29 is 0 Å². The quantitative estimate of drug-likeness (QED) is 0.256. The van der Waals surface area contributed by atoms with Gasteiger partial charge in [0.25, 0.3) is 0 Å². The minimum Gasteiger partial charge on any atom is -0.370 e. The second-order valence-electron chi connectivity index (χ2n) is 4.54. The number of halogens is 1. The largest absolute Gasteiger partial charge is 0.370 e. The van der Waals surface area contributed by atoms with E-state index in [9.17, 15) is 0 Å². The average molecular weight is 405 g/mol. The molecule has 120 valence electrons. The third kappa shape index (κ3) is 10.3. The Kier molecular flexibility index (Phi) is 13.2. The van der Waals surface area contributed by atoms with Gasteiger partial charge in [0.15, 0.2) is 5.96 Å².